The highest BCUT2D eigenvalue weighted by atomic mass is 32.1. The number of nitrogens with one attached hydrogen (secondary N) is 1. The van der Waals surface area contributed by atoms with Crippen molar-refractivity contribution in [1.82, 2.24) is 9.38 Å². The first-order valence-electron chi connectivity index (χ1n) is 4.01. The van der Waals surface area contributed by atoms with E-state index < -0.39 is 5.97 Å². The third-order valence-corrected chi connectivity index (χ3v) is 2.26. The topological polar surface area (TPSA) is 46.5 Å². The fourth-order valence-corrected chi connectivity index (χ4v) is 1.57. The van der Waals surface area contributed by atoms with Gasteiger partial charge >= 0.3 is 5.97 Å². The van der Waals surface area contributed by atoms with E-state index in [1.54, 1.807) is 16.7 Å². The fourth-order valence-electron chi connectivity index (χ4n) is 1.31. The van der Waals surface area contributed by atoms with E-state index in [9.17, 15) is 4.79 Å². The maximum atomic E-state index is 11.3. The molecule has 72 valence electrons. The molecular formula is C9H8N2O2S. The lowest BCUT2D eigenvalue weighted by Crippen LogP contribution is -2.01. The molecule has 0 bridgehead atoms. The van der Waals surface area contributed by atoms with E-state index >= 15 is 0 Å². The van der Waals surface area contributed by atoms with E-state index in [1.165, 1.54) is 7.11 Å². The summed E-state index contributed by atoms with van der Waals surface area (Å²) in [4.78, 5) is 14.1. The first-order chi connectivity index (χ1) is 6.74. The summed E-state index contributed by atoms with van der Waals surface area (Å²) in [7, 11) is 1.34. The van der Waals surface area contributed by atoms with Crippen molar-refractivity contribution < 1.29 is 9.53 Å². The minimum atomic E-state index is -0.412. The van der Waals surface area contributed by atoms with Gasteiger partial charge in [-0.15, -0.1) is 0 Å². The number of carbonyl (C=O) groups is 1. The number of aromatic amines is 1. The number of ether oxygens (including phenoxy) is 1. The monoisotopic (exact) mass is 208 g/mol. The Bertz CT molecular complexity index is 541. The molecule has 0 aromatic carbocycles. The normalized spacial score (nSPS) is 10.4. The van der Waals surface area contributed by atoms with Crippen LogP contribution in [0.15, 0.2) is 24.4 Å². The zero-order valence-corrected chi connectivity index (χ0v) is 8.30. The van der Waals surface area contributed by atoms with E-state index in [0.717, 1.165) is 5.52 Å². The van der Waals surface area contributed by atoms with Crippen LogP contribution < -0.4 is 0 Å². The predicted octanol–water partition coefficient (Wildman–Crippen LogP) is 1.78. The van der Waals surface area contributed by atoms with Crippen molar-refractivity contribution in [3.8, 4) is 0 Å². The molecule has 5 heteroatoms. The Morgan fingerprint density at radius 3 is 3.07 bits per heavy atom. The van der Waals surface area contributed by atoms with E-state index in [0.29, 0.717) is 10.5 Å². The summed E-state index contributed by atoms with van der Waals surface area (Å²) < 4.78 is 6.84. The Kier molecular flexibility index (Phi) is 2.09. The molecule has 0 fully saturated rings. The number of rotatable bonds is 1. The van der Waals surface area contributed by atoms with Gasteiger partial charge in [0.25, 0.3) is 0 Å². The minimum Gasteiger partial charge on any atom is -0.464 e. The van der Waals surface area contributed by atoms with Crippen LogP contribution in [0, 0.1) is 4.77 Å². The van der Waals surface area contributed by atoms with Gasteiger partial charge < -0.3 is 9.72 Å². The lowest BCUT2D eigenvalue weighted by Gasteiger charge is -1.95. The Labute approximate surface area is 85.1 Å². The summed E-state index contributed by atoms with van der Waals surface area (Å²) in [6, 6.07) is 5.49. The minimum absolute atomic E-state index is 0.387. The SMILES string of the molecule is COC(=O)c1[nH]c(=S)n2ccccc12. The lowest BCUT2D eigenvalue weighted by atomic mass is 10.3. The van der Waals surface area contributed by atoms with Crippen molar-refractivity contribution in [2.75, 3.05) is 7.11 Å². The molecule has 0 aliphatic rings. The number of methoxy groups -OCH3 is 1. The highest BCUT2D eigenvalue weighted by Crippen LogP contribution is 2.11. The average Bonchev–Trinajstić information content (AvgIpc) is 2.56. The van der Waals surface area contributed by atoms with E-state index in [4.69, 9.17) is 12.2 Å². The summed E-state index contributed by atoms with van der Waals surface area (Å²) in [6.07, 6.45) is 1.79. The van der Waals surface area contributed by atoms with E-state index in [-0.39, 0.29) is 0 Å². The molecule has 0 saturated carbocycles. The Morgan fingerprint density at radius 1 is 1.57 bits per heavy atom. The molecule has 0 radical (unpaired) electrons. The molecule has 2 heterocycles. The Morgan fingerprint density at radius 2 is 2.36 bits per heavy atom. The first kappa shape index (κ1) is 8.96. The Balaban J connectivity index is 2.79. The van der Waals surface area contributed by atoms with Crippen molar-refractivity contribution in [2.45, 2.75) is 0 Å². The molecule has 0 amide bonds. The number of imidazole rings is 1. The number of nitrogens with zero attached hydrogens (tertiary/aromatic N) is 1. The van der Waals surface area contributed by atoms with E-state index in [1.807, 2.05) is 12.1 Å². The summed E-state index contributed by atoms with van der Waals surface area (Å²) >= 11 is 5.04. The highest BCUT2D eigenvalue weighted by Gasteiger charge is 2.12. The van der Waals surface area contributed by atoms with Crippen LogP contribution in [-0.2, 0) is 4.74 Å². The van der Waals surface area contributed by atoms with Gasteiger partial charge in [0, 0.05) is 6.20 Å². The molecule has 1 N–H and O–H groups in total. The molecule has 2 rings (SSSR count). The number of pyridine rings is 1. The van der Waals surface area contributed by atoms with Crippen LogP contribution >= 0.6 is 12.2 Å². The number of aromatic nitrogens is 2. The van der Waals surface area contributed by atoms with Crippen molar-refractivity contribution in [3.05, 3.63) is 34.9 Å². The van der Waals surface area contributed by atoms with Crippen LogP contribution in [0.2, 0.25) is 0 Å². The Hall–Kier alpha value is -1.62. The van der Waals surface area contributed by atoms with Crippen LogP contribution in [0.25, 0.3) is 5.52 Å². The van der Waals surface area contributed by atoms with Gasteiger partial charge in [0.05, 0.1) is 12.6 Å². The van der Waals surface area contributed by atoms with E-state index in [2.05, 4.69) is 9.72 Å². The van der Waals surface area contributed by atoms with Crippen LogP contribution in [0.4, 0.5) is 0 Å². The van der Waals surface area contributed by atoms with Gasteiger partial charge in [-0.3, -0.25) is 4.40 Å². The number of hydrogen-bond acceptors (Lipinski definition) is 3. The third-order valence-electron chi connectivity index (χ3n) is 1.96. The standard InChI is InChI=1S/C9H8N2O2S/c1-13-8(12)7-6-4-2-3-5-11(6)9(14)10-7/h2-5H,1H3,(H,10,14). The largest absolute Gasteiger partial charge is 0.464 e. The third kappa shape index (κ3) is 1.22. The molecule has 0 unspecified atom stereocenters. The summed E-state index contributed by atoms with van der Waals surface area (Å²) in [5.74, 6) is -0.412. The second kappa shape index (κ2) is 3.26. The van der Waals surface area contributed by atoms with Gasteiger partial charge in [-0.2, -0.15) is 0 Å². The molecule has 0 spiro atoms. The van der Waals surface area contributed by atoms with Crippen LogP contribution in [-0.4, -0.2) is 22.5 Å². The van der Waals surface area contributed by atoms with Gasteiger partial charge in [0.1, 0.15) is 0 Å². The van der Waals surface area contributed by atoms with Crippen molar-refractivity contribution in [2.24, 2.45) is 0 Å². The van der Waals surface area contributed by atoms with Gasteiger partial charge in [-0.05, 0) is 24.4 Å². The van der Waals surface area contributed by atoms with Gasteiger partial charge in [-0.1, -0.05) is 6.07 Å². The molecule has 2 aromatic heterocycles. The molecule has 0 atom stereocenters. The molecule has 0 aliphatic carbocycles. The molecule has 0 aliphatic heterocycles. The van der Waals surface area contributed by atoms with Crippen LogP contribution in [0.1, 0.15) is 10.5 Å². The molecule has 0 saturated heterocycles. The molecule has 4 nitrogen and oxygen atoms in total. The maximum absolute atomic E-state index is 11.3. The predicted molar refractivity (Wildman–Crippen MR) is 53.9 cm³/mol. The van der Waals surface area contributed by atoms with Crippen LogP contribution in [0.5, 0.6) is 0 Å². The van der Waals surface area contributed by atoms with Crippen molar-refractivity contribution in [1.29, 1.82) is 0 Å². The zero-order chi connectivity index (χ0) is 10.1. The van der Waals surface area contributed by atoms with Gasteiger partial charge in [-0.25, -0.2) is 4.79 Å². The number of esters is 1. The summed E-state index contributed by atoms with van der Waals surface area (Å²) in [5, 5.41) is 0. The number of carbonyl (C=O) groups excluding carboxylic acids is 1. The highest BCUT2D eigenvalue weighted by molar-refractivity contribution is 7.71. The number of hydrogen-bond donors (Lipinski definition) is 1. The quantitative estimate of drug-likeness (QED) is 0.574. The zero-order valence-electron chi connectivity index (χ0n) is 7.48. The van der Waals surface area contributed by atoms with Gasteiger partial charge in [0.15, 0.2) is 10.5 Å². The smallest absolute Gasteiger partial charge is 0.356 e. The van der Waals surface area contributed by atoms with Gasteiger partial charge in [0.2, 0.25) is 0 Å². The molecule has 2 aromatic rings. The molecule has 14 heavy (non-hydrogen) atoms. The first-order valence-corrected chi connectivity index (χ1v) is 4.42. The molecular weight excluding hydrogens is 200 g/mol. The number of fused-ring (bicyclic) bond motifs is 1. The maximum Gasteiger partial charge on any atom is 0.356 e. The lowest BCUT2D eigenvalue weighted by molar-refractivity contribution is 0.0597. The van der Waals surface area contributed by atoms with Crippen molar-refractivity contribution >= 4 is 23.7 Å². The second-order valence-corrected chi connectivity index (χ2v) is 3.14. The fraction of sp³-hybridized carbons (Fsp3) is 0.111. The summed E-state index contributed by atoms with van der Waals surface area (Å²) in [5.41, 5.74) is 1.11. The van der Waals surface area contributed by atoms with Crippen LogP contribution in [0.3, 0.4) is 0 Å². The van der Waals surface area contributed by atoms with Crippen molar-refractivity contribution in [3.63, 3.8) is 0 Å². The summed E-state index contributed by atoms with van der Waals surface area (Å²) in [6.45, 7) is 0. The average molecular weight is 208 g/mol. The number of H-pyrrole nitrogens is 1. The second-order valence-electron chi connectivity index (χ2n) is 2.75.